The number of hydrogen-bond donors (Lipinski definition) is 1. The predicted molar refractivity (Wildman–Crippen MR) is 66.3 cm³/mol. The fourth-order valence-electron chi connectivity index (χ4n) is 1.25. The minimum Gasteiger partial charge on any atom is -0.313 e. The summed E-state index contributed by atoms with van der Waals surface area (Å²) in [5, 5.41) is 3.73. The van der Waals surface area contributed by atoms with E-state index in [-0.39, 0.29) is 17.5 Å². The molecule has 17 heavy (non-hydrogen) atoms. The standard InChI is InChI=1S/C11H13ClF3NS/c12-10-5-2-1-4-9(10)8-16-6-3-7-17-11(13,14)15/h1-2,4-5,16H,3,6-8H2. The second-order valence-electron chi connectivity index (χ2n) is 3.42. The van der Waals surface area contributed by atoms with Gasteiger partial charge in [-0.05, 0) is 24.6 Å². The van der Waals surface area contributed by atoms with E-state index in [0.717, 1.165) is 5.56 Å². The molecule has 1 aromatic carbocycles. The molecule has 1 nitrogen and oxygen atoms in total. The number of hydrogen-bond acceptors (Lipinski definition) is 2. The van der Waals surface area contributed by atoms with Crippen molar-refractivity contribution in [3.8, 4) is 0 Å². The van der Waals surface area contributed by atoms with Crippen LogP contribution in [0.1, 0.15) is 12.0 Å². The van der Waals surface area contributed by atoms with E-state index in [0.29, 0.717) is 24.5 Å². The summed E-state index contributed by atoms with van der Waals surface area (Å²) in [6.07, 6.45) is 0.481. The Morgan fingerprint density at radius 1 is 1.24 bits per heavy atom. The van der Waals surface area contributed by atoms with Gasteiger partial charge >= 0.3 is 5.51 Å². The van der Waals surface area contributed by atoms with Crippen molar-refractivity contribution >= 4 is 23.4 Å². The maximum Gasteiger partial charge on any atom is 0.441 e. The molecule has 0 bridgehead atoms. The smallest absolute Gasteiger partial charge is 0.313 e. The molecule has 96 valence electrons. The van der Waals surface area contributed by atoms with E-state index >= 15 is 0 Å². The first-order valence-corrected chi connectivity index (χ1v) is 6.50. The van der Waals surface area contributed by atoms with Crippen molar-refractivity contribution in [2.75, 3.05) is 12.3 Å². The number of thioether (sulfide) groups is 1. The second-order valence-corrected chi connectivity index (χ2v) is 4.98. The minimum absolute atomic E-state index is 0.0169. The highest BCUT2D eigenvalue weighted by Gasteiger charge is 2.27. The number of halogens is 4. The Labute approximate surface area is 108 Å². The first kappa shape index (κ1) is 14.7. The fraction of sp³-hybridized carbons (Fsp3) is 0.455. The van der Waals surface area contributed by atoms with Crippen molar-refractivity contribution < 1.29 is 13.2 Å². The quantitative estimate of drug-likeness (QED) is 0.790. The van der Waals surface area contributed by atoms with Crippen LogP contribution in [0.25, 0.3) is 0 Å². The highest BCUT2D eigenvalue weighted by atomic mass is 35.5. The van der Waals surface area contributed by atoms with Crippen molar-refractivity contribution in [2.45, 2.75) is 18.5 Å². The van der Waals surface area contributed by atoms with Crippen LogP contribution >= 0.6 is 23.4 Å². The molecule has 0 heterocycles. The van der Waals surface area contributed by atoms with Crippen LogP contribution in [0.5, 0.6) is 0 Å². The molecule has 0 spiro atoms. The van der Waals surface area contributed by atoms with Crippen LogP contribution < -0.4 is 5.32 Å². The summed E-state index contributed by atoms with van der Waals surface area (Å²) in [4.78, 5) is 0. The monoisotopic (exact) mass is 283 g/mol. The summed E-state index contributed by atoms with van der Waals surface area (Å²) in [5.74, 6) is 0.0824. The fourth-order valence-corrected chi connectivity index (χ4v) is 1.97. The molecule has 0 aliphatic rings. The molecule has 6 heteroatoms. The molecule has 1 rings (SSSR count). The lowest BCUT2D eigenvalue weighted by molar-refractivity contribution is -0.0327. The van der Waals surface area contributed by atoms with Gasteiger partial charge in [0.25, 0.3) is 0 Å². The van der Waals surface area contributed by atoms with Gasteiger partial charge < -0.3 is 5.32 Å². The van der Waals surface area contributed by atoms with Crippen molar-refractivity contribution in [1.82, 2.24) is 5.32 Å². The molecule has 0 saturated carbocycles. The normalized spacial score (nSPS) is 11.8. The predicted octanol–water partition coefficient (Wildman–Crippen LogP) is 4.07. The average Bonchev–Trinajstić information content (AvgIpc) is 2.24. The van der Waals surface area contributed by atoms with Gasteiger partial charge in [-0.25, -0.2) is 0 Å². The SMILES string of the molecule is FC(F)(F)SCCCNCc1ccccc1Cl. The Morgan fingerprint density at radius 2 is 1.94 bits per heavy atom. The molecule has 0 aliphatic heterocycles. The summed E-state index contributed by atoms with van der Waals surface area (Å²) < 4.78 is 35.4. The zero-order valence-corrected chi connectivity index (χ0v) is 10.6. The summed E-state index contributed by atoms with van der Waals surface area (Å²) >= 11 is 5.95. The zero-order valence-electron chi connectivity index (χ0n) is 9.06. The molecule has 0 unspecified atom stereocenters. The van der Waals surface area contributed by atoms with E-state index in [2.05, 4.69) is 5.32 Å². The maximum atomic E-state index is 11.8. The number of alkyl halides is 3. The van der Waals surface area contributed by atoms with E-state index < -0.39 is 5.51 Å². The molecule has 0 aliphatic carbocycles. The van der Waals surface area contributed by atoms with Crippen molar-refractivity contribution in [1.29, 1.82) is 0 Å². The molecule has 0 fully saturated rings. The van der Waals surface area contributed by atoms with Crippen LogP contribution in [0.2, 0.25) is 5.02 Å². The zero-order chi connectivity index (χ0) is 12.7. The Bertz CT molecular complexity index is 344. The average molecular weight is 284 g/mol. The minimum atomic E-state index is -4.12. The van der Waals surface area contributed by atoms with Crippen molar-refractivity contribution in [2.24, 2.45) is 0 Å². The van der Waals surface area contributed by atoms with E-state index in [1.807, 2.05) is 18.2 Å². The number of nitrogens with one attached hydrogen (secondary N) is 1. The van der Waals surface area contributed by atoms with Gasteiger partial charge in [0.15, 0.2) is 0 Å². The van der Waals surface area contributed by atoms with Crippen LogP contribution in [-0.2, 0) is 6.54 Å². The van der Waals surface area contributed by atoms with Crippen molar-refractivity contribution in [3.63, 3.8) is 0 Å². The van der Waals surface area contributed by atoms with Gasteiger partial charge in [-0.3, -0.25) is 0 Å². The van der Waals surface area contributed by atoms with E-state index in [1.165, 1.54) is 0 Å². The summed E-state index contributed by atoms with van der Waals surface area (Å²) in [6, 6.07) is 7.39. The molecular weight excluding hydrogens is 271 g/mol. The maximum absolute atomic E-state index is 11.8. The topological polar surface area (TPSA) is 12.0 Å². The van der Waals surface area contributed by atoms with E-state index in [9.17, 15) is 13.2 Å². The molecule has 0 atom stereocenters. The Balaban J connectivity index is 2.11. The van der Waals surface area contributed by atoms with Crippen LogP contribution in [0.3, 0.4) is 0 Å². The van der Waals surface area contributed by atoms with Crippen LogP contribution in [0.4, 0.5) is 13.2 Å². The van der Waals surface area contributed by atoms with Gasteiger partial charge in [0.1, 0.15) is 0 Å². The lowest BCUT2D eigenvalue weighted by Gasteiger charge is -2.07. The Hall–Kier alpha value is -0.390. The number of rotatable bonds is 6. The third-order valence-electron chi connectivity index (χ3n) is 2.04. The summed E-state index contributed by atoms with van der Waals surface area (Å²) in [7, 11) is 0. The Morgan fingerprint density at radius 3 is 2.59 bits per heavy atom. The first-order valence-electron chi connectivity index (χ1n) is 5.14. The molecule has 0 aromatic heterocycles. The molecule has 1 N–H and O–H groups in total. The van der Waals surface area contributed by atoms with Crippen LogP contribution in [-0.4, -0.2) is 17.8 Å². The van der Waals surface area contributed by atoms with Crippen LogP contribution in [0.15, 0.2) is 24.3 Å². The van der Waals surface area contributed by atoms with Gasteiger partial charge in [-0.2, -0.15) is 13.2 Å². The highest BCUT2D eigenvalue weighted by Crippen LogP contribution is 2.30. The number of benzene rings is 1. The highest BCUT2D eigenvalue weighted by molar-refractivity contribution is 8.00. The van der Waals surface area contributed by atoms with Crippen LogP contribution in [0, 0.1) is 0 Å². The molecule has 0 radical (unpaired) electrons. The van der Waals surface area contributed by atoms with Gasteiger partial charge in [0, 0.05) is 17.3 Å². The second kappa shape index (κ2) is 7.13. The summed E-state index contributed by atoms with van der Waals surface area (Å²) in [5.41, 5.74) is -3.17. The van der Waals surface area contributed by atoms with Gasteiger partial charge in [-0.15, -0.1) is 0 Å². The van der Waals surface area contributed by atoms with Gasteiger partial charge in [0.2, 0.25) is 0 Å². The Kier molecular flexibility index (Phi) is 6.16. The lowest BCUT2D eigenvalue weighted by atomic mass is 10.2. The molecule has 0 saturated heterocycles. The third kappa shape index (κ3) is 6.81. The van der Waals surface area contributed by atoms with Gasteiger partial charge in [0.05, 0.1) is 0 Å². The first-order chi connectivity index (χ1) is 7.99. The molecule has 1 aromatic rings. The largest absolute Gasteiger partial charge is 0.441 e. The van der Waals surface area contributed by atoms with Gasteiger partial charge in [-0.1, -0.05) is 41.6 Å². The van der Waals surface area contributed by atoms with E-state index in [1.54, 1.807) is 6.07 Å². The molecular formula is C11H13ClF3NS. The van der Waals surface area contributed by atoms with E-state index in [4.69, 9.17) is 11.6 Å². The molecule has 0 amide bonds. The third-order valence-corrected chi connectivity index (χ3v) is 3.23. The van der Waals surface area contributed by atoms with Crippen molar-refractivity contribution in [3.05, 3.63) is 34.9 Å². The summed E-state index contributed by atoms with van der Waals surface area (Å²) in [6.45, 7) is 1.13. The lowest BCUT2D eigenvalue weighted by Crippen LogP contribution is -2.16.